The maximum absolute atomic E-state index is 6.64. The minimum atomic E-state index is -0.106. The molecule has 9 rings (SSSR count). The normalized spacial score (nSPS) is 13.4. The van der Waals surface area contributed by atoms with Crippen molar-refractivity contribution >= 4 is 0 Å². The lowest BCUT2D eigenvalue weighted by Gasteiger charge is -2.25. The third-order valence-corrected chi connectivity index (χ3v) is 10.1. The molecule has 0 atom stereocenters. The van der Waals surface area contributed by atoms with Gasteiger partial charge in [-0.2, -0.15) is 0 Å². The quantitative estimate of drug-likeness (QED) is 0.193. The van der Waals surface area contributed by atoms with E-state index in [0.29, 0.717) is 17.3 Å². The van der Waals surface area contributed by atoms with Crippen LogP contribution in [-0.4, -0.2) is 9.97 Å². The Kier molecular flexibility index (Phi) is 6.57. The number of rotatable bonds is 4. The van der Waals surface area contributed by atoms with E-state index in [9.17, 15) is 0 Å². The van der Waals surface area contributed by atoms with E-state index in [1.54, 1.807) is 0 Å². The van der Waals surface area contributed by atoms with Crippen molar-refractivity contribution in [3.8, 4) is 79.2 Å². The van der Waals surface area contributed by atoms with E-state index in [1.165, 1.54) is 27.8 Å². The first kappa shape index (κ1) is 29.2. The van der Waals surface area contributed by atoms with Crippen molar-refractivity contribution in [1.29, 1.82) is 0 Å². The first-order valence-corrected chi connectivity index (χ1v) is 16.7. The van der Waals surface area contributed by atoms with Gasteiger partial charge in [0.05, 0.1) is 11.4 Å². The molecule has 2 aliphatic rings. The summed E-state index contributed by atoms with van der Waals surface area (Å²) in [6.45, 7) is 8.80. The molecule has 0 fully saturated rings. The maximum Gasteiger partial charge on any atom is 0.178 e. The zero-order chi connectivity index (χ0) is 33.3. The molecule has 0 unspecified atom stereocenters. The van der Waals surface area contributed by atoms with Gasteiger partial charge in [-0.15, -0.1) is 0 Å². The van der Waals surface area contributed by atoms with E-state index < -0.39 is 0 Å². The van der Waals surface area contributed by atoms with Gasteiger partial charge in [0.15, 0.2) is 28.8 Å². The molecule has 1 aromatic heterocycles. The zero-order valence-electron chi connectivity index (χ0n) is 27.9. The summed E-state index contributed by atoms with van der Waals surface area (Å²) >= 11 is 0. The Balaban J connectivity index is 1.09. The molecule has 4 nitrogen and oxygen atoms in total. The third-order valence-electron chi connectivity index (χ3n) is 10.1. The van der Waals surface area contributed by atoms with Crippen LogP contribution in [0.3, 0.4) is 0 Å². The number of benzene rings is 6. The summed E-state index contributed by atoms with van der Waals surface area (Å²) in [5.41, 5.74) is 14.2. The van der Waals surface area contributed by atoms with Crippen LogP contribution in [0.15, 0.2) is 133 Å². The molecule has 1 aliphatic carbocycles. The fourth-order valence-corrected chi connectivity index (χ4v) is 7.22. The van der Waals surface area contributed by atoms with Gasteiger partial charge >= 0.3 is 0 Å². The van der Waals surface area contributed by atoms with Gasteiger partial charge in [-0.05, 0) is 89.2 Å². The van der Waals surface area contributed by atoms with E-state index in [0.717, 1.165) is 56.3 Å². The summed E-state index contributed by atoms with van der Waals surface area (Å²) < 4.78 is 13.2. The summed E-state index contributed by atoms with van der Waals surface area (Å²) in [6.07, 6.45) is 0. The standard InChI is InChI=1S/C45H34N2O2/c1-27-17-18-33(23-28(27)2)44-46-37(29-11-6-5-7-12-29)26-38(47-44)32-14-10-13-30(24-32)31-19-21-39-41(25-31)48-40-22-20-36-42(43(40)49-39)34-15-8-9-16-35(34)45(36,3)4/h5-26H,1-4H3. The SMILES string of the molecule is Cc1ccc(-c2nc(-c3ccccc3)cc(-c3cccc(-c4ccc5c(c4)Oc4ccc6c(c4O5)-c4ccccc4C6(C)C)c3)n2)cc1C. The Morgan fingerprint density at radius 3 is 2.00 bits per heavy atom. The Morgan fingerprint density at radius 2 is 1.16 bits per heavy atom. The molecule has 1 aliphatic heterocycles. The molecular weight excluding hydrogens is 601 g/mol. The van der Waals surface area contributed by atoms with Crippen molar-refractivity contribution < 1.29 is 9.47 Å². The van der Waals surface area contributed by atoms with Crippen molar-refractivity contribution in [2.45, 2.75) is 33.1 Å². The minimum Gasteiger partial charge on any atom is -0.449 e. The van der Waals surface area contributed by atoms with Crippen molar-refractivity contribution in [3.63, 3.8) is 0 Å². The molecule has 0 radical (unpaired) electrons. The smallest absolute Gasteiger partial charge is 0.178 e. The largest absolute Gasteiger partial charge is 0.449 e. The first-order valence-electron chi connectivity index (χ1n) is 16.7. The van der Waals surface area contributed by atoms with Crippen molar-refractivity contribution in [1.82, 2.24) is 9.97 Å². The summed E-state index contributed by atoms with van der Waals surface area (Å²) in [5.74, 6) is 3.64. The number of fused-ring (bicyclic) bond motifs is 6. The van der Waals surface area contributed by atoms with Gasteiger partial charge in [0, 0.05) is 27.7 Å². The van der Waals surface area contributed by atoms with Crippen LogP contribution < -0.4 is 9.47 Å². The fraction of sp³-hybridized carbons (Fsp3) is 0.111. The molecule has 0 spiro atoms. The molecule has 49 heavy (non-hydrogen) atoms. The predicted molar refractivity (Wildman–Crippen MR) is 197 cm³/mol. The number of aromatic nitrogens is 2. The van der Waals surface area contributed by atoms with E-state index in [1.807, 2.05) is 30.3 Å². The molecule has 0 saturated heterocycles. The summed E-state index contributed by atoms with van der Waals surface area (Å²) in [7, 11) is 0. The lowest BCUT2D eigenvalue weighted by atomic mass is 9.82. The predicted octanol–water partition coefficient (Wildman–Crippen LogP) is 12.0. The maximum atomic E-state index is 6.64. The molecule has 236 valence electrons. The summed E-state index contributed by atoms with van der Waals surface area (Å²) in [5, 5.41) is 0. The zero-order valence-corrected chi connectivity index (χ0v) is 27.9. The highest BCUT2D eigenvalue weighted by Gasteiger charge is 2.39. The fourth-order valence-electron chi connectivity index (χ4n) is 7.22. The molecule has 0 bridgehead atoms. The molecule has 2 heterocycles. The highest BCUT2D eigenvalue weighted by Crippen LogP contribution is 2.58. The van der Waals surface area contributed by atoms with E-state index >= 15 is 0 Å². The second kappa shape index (κ2) is 11.0. The number of nitrogens with zero attached hydrogens (tertiary/aromatic N) is 2. The second-order valence-electron chi connectivity index (χ2n) is 13.6. The Hall–Kier alpha value is -6.00. The Morgan fingerprint density at radius 1 is 0.469 bits per heavy atom. The van der Waals surface area contributed by atoms with Crippen molar-refractivity contribution in [2.24, 2.45) is 0 Å². The molecule has 0 saturated carbocycles. The van der Waals surface area contributed by atoms with Crippen LogP contribution in [-0.2, 0) is 5.41 Å². The van der Waals surface area contributed by atoms with E-state index in [2.05, 4.69) is 131 Å². The average Bonchev–Trinajstić information content (AvgIpc) is 3.38. The molecular formula is C45H34N2O2. The molecule has 0 N–H and O–H groups in total. The van der Waals surface area contributed by atoms with Crippen LogP contribution >= 0.6 is 0 Å². The molecule has 0 amide bonds. The van der Waals surface area contributed by atoms with Gasteiger partial charge in [-0.25, -0.2) is 9.97 Å². The number of aryl methyl sites for hydroxylation is 2. The average molecular weight is 635 g/mol. The minimum absolute atomic E-state index is 0.106. The lowest BCUT2D eigenvalue weighted by molar-refractivity contribution is 0.360. The van der Waals surface area contributed by atoms with Crippen LogP contribution in [0.2, 0.25) is 0 Å². The highest BCUT2D eigenvalue weighted by molar-refractivity contribution is 5.88. The highest BCUT2D eigenvalue weighted by atomic mass is 16.6. The molecule has 7 aromatic rings. The number of hydrogen-bond acceptors (Lipinski definition) is 4. The number of ether oxygens (including phenoxy) is 2. The summed E-state index contributed by atoms with van der Waals surface area (Å²) in [4.78, 5) is 10.1. The third kappa shape index (κ3) is 4.83. The lowest BCUT2D eigenvalue weighted by Crippen LogP contribution is -2.15. The van der Waals surface area contributed by atoms with E-state index in [-0.39, 0.29) is 5.41 Å². The van der Waals surface area contributed by atoms with Gasteiger partial charge in [-0.1, -0.05) is 111 Å². The van der Waals surface area contributed by atoms with Gasteiger partial charge in [0.25, 0.3) is 0 Å². The van der Waals surface area contributed by atoms with Crippen molar-refractivity contribution in [2.75, 3.05) is 0 Å². The second-order valence-corrected chi connectivity index (χ2v) is 13.6. The topological polar surface area (TPSA) is 44.2 Å². The van der Waals surface area contributed by atoms with Crippen molar-refractivity contribution in [3.05, 3.63) is 156 Å². The molecule has 6 aromatic carbocycles. The Labute approximate surface area is 286 Å². The van der Waals surface area contributed by atoms with Gasteiger partial charge in [-0.3, -0.25) is 0 Å². The molecule has 4 heteroatoms. The monoisotopic (exact) mass is 634 g/mol. The van der Waals surface area contributed by atoms with Crippen LogP contribution in [0.5, 0.6) is 23.0 Å². The van der Waals surface area contributed by atoms with Crippen LogP contribution in [0.4, 0.5) is 0 Å². The van der Waals surface area contributed by atoms with Crippen LogP contribution in [0, 0.1) is 13.8 Å². The van der Waals surface area contributed by atoms with Crippen LogP contribution in [0.1, 0.15) is 36.1 Å². The summed E-state index contributed by atoms with van der Waals surface area (Å²) in [6, 6.07) is 46.3. The van der Waals surface area contributed by atoms with Crippen LogP contribution in [0.25, 0.3) is 56.2 Å². The van der Waals surface area contributed by atoms with Gasteiger partial charge in [0.2, 0.25) is 0 Å². The Bertz CT molecular complexity index is 2440. The number of hydrogen-bond donors (Lipinski definition) is 0. The van der Waals surface area contributed by atoms with Gasteiger partial charge < -0.3 is 9.47 Å². The first-order chi connectivity index (χ1) is 23.8. The van der Waals surface area contributed by atoms with E-state index in [4.69, 9.17) is 19.4 Å². The van der Waals surface area contributed by atoms with Gasteiger partial charge in [0.1, 0.15) is 0 Å².